The van der Waals surface area contributed by atoms with Gasteiger partial charge in [0.25, 0.3) is 11.5 Å². The third-order valence-electron chi connectivity index (χ3n) is 6.95. The third kappa shape index (κ3) is 4.71. The van der Waals surface area contributed by atoms with E-state index in [0.717, 1.165) is 22.6 Å². The quantitative estimate of drug-likeness (QED) is 0.188. The van der Waals surface area contributed by atoms with Gasteiger partial charge in [0.15, 0.2) is 4.32 Å². The lowest BCUT2D eigenvalue weighted by atomic mass is 10.1. The third-order valence-corrected chi connectivity index (χ3v) is 8.26. The van der Waals surface area contributed by atoms with Crippen molar-refractivity contribution in [3.05, 3.63) is 118 Å². The van der Waals surface area contributed by atoms with Crippen LogP contribution >= 0.6 is 24.0 Å². The van der Waals surface area contributed by atoms with Crippen molar-refractivity contribution in [2.45, 2.75) is 6.92 Å². The lowest BCUT2D eigenvalue weighted by Gasteiger charge is -2.12. The number of benzene rings is 3. The zero-order valence-electron chi connectivity index (χ0n) is 22.5. The van der Waals surface area contributed by atoms with Gasteiger partial charge in [-0.3, -0.25) is 19.2 Å². The minimum Gasteiger partial charge on any atom is -0.497 e. The Bertz CT molecular complexity index is 1870. The molecule has 1 aliphatic heterocycles. The van der Waals surface area contributed by atoms with Crippen molar-refractivity contribution >= 4 is 46.0 Å². The normalized spacial score (nSPS) is 14.3. The molecule has 10 heteroatoms. The van der Waals surface area contributed by atoms with Gasteiger partial charge in [-0.25, -0.2) is 9.36 Å². The van der Waals surface area contributed by atoms with Crippen LogP contribution in [0.3, 0.4) is 0 Å². The molecule has 41 heavy (non-hydrogen) atoms. The van der Waals surface area contributed by atoms with Crippen molar-refractivity contribution in [2.75, 3.05) is 12.0 Å². The molecule has 1 fully saturated rings. The van der Waals surface area contributed by atoms with E-state index in [1.807, 2.05) is 98.0 Å². The van der Waals surface area contributed by atoms with Gasteiger partial charge in [-0.05, 0) is 61.5 Å². The van der Waals surface area contributed by atoms with E-state index in [9.17, 15) is 9.59 Å². The Morgan fingerprint density at radius 3 is 2.17 bits per heavy atom. The molecule has 0 spiro atoms. The molecule has 3 aromatic carbocycles. The number of hydrogen-bond donors (Lipinski definition) is 0. The minimum atomic E-state index is -0.348. The van der Waals surface area contributed by atoms with Crippen LogP contribution in [0.2, 0.25) is 0 Å². The number of ether oxygens (including phenoxy) is 1. The summed E-state index contributed by atoms with van der Waals surface area (Å²) in [5, 5.41) is 4.85. The summed E-state index contributed by atoms with van der Waals surface area (Å²) in [4.78, 5) is 29.2. The average Bonchev–Trinajstić information content (AvgIpc) is 3.61. The highest BCUT2D eigenvalue weighted by Crippen LogP contribution is 2.38. The summed E-state index contributed by atoms with van der Waals surface area (Å²) in [5.41, 5.74) is 4.46. The highest BCUT2D eigenvalue weighted by atomic mass is 32.2. The van der Waals surface area contributed by atoms with E-state index in [4.69, 9.17) is 22.1 Å². The molecule has 0 atom stereocenters. The second-order valence-electron chi connectivity index (χ2n) is 9.37. The lowest BCUT2D eigenvalue weighted by Crippen LogP contribution is -2.33. The van der Waals surface area contributed by atoms with Crippen molar-refractivity contribution in [3.8, 4) is 28.4 Å². The van der Waals surface area contributed by atoms with E-state index in [-0.39, 0.29) is 17.2 Å². The molecule has 0 radical (unpaired) electrons. The number of carbonyl (C=O) groups is 1. The van der Waals surface area contributed by atoms with Crippen LogP contribution in [0.25, 0.3) is 28.7 Å². The zero-order chi connectivity index (χ0) is 28.7. The number of anilines is 1. The van der Waals surface area contributed by atoms with E-state index < -0.39 is 0 Å². The molecule has 1 aliphatic rings. The van der Waals surface area contributed by atoms with Crippen molar-refractivity contribution in [1.82, 2.24) is 19.1 Å². The van der Waals surface area contributed by atoms with Crippen LogP contribution in [0, 0.1) is 6.92 Å². The number of methoxy groups -OCH3 is 1. The van der Waals surface area contributed by atoms with Crippen LogP contribution in [0.15, 0.2) is 101 Å². The Balaban J connectivity index is 1.43. The van der Waals surface area contributed by atoms with Crippen molar-refractivity contribution < 1.29 is 9.53 Å². The molecule has 0 N–H and O–H groups in total. The average molecular weight is 580 g/mol. The van der Waals surface area contributed by atoms with Crippen molar-refractivity contribution in [1.29, 1.82) is 0 Å². The number of nitrogens with zero attached hydrogens (tertiary/aromatic N) is 5. The number of rotatable bonds is 6. The van der Waals surface area contributed by atoms with Gasteiger partial charge in [-0.1, -0.05) is 60.4 Å². The van der Waals surface area contributed by atoms with Gasteiger partial charge >= 0.3 is 0 Å². The highest BCUT2D eigenvalue weighted by Gasteiger charge is 2.38. The summed E-state index contributed by atoms with van der Waals surface area (Å²) in [6.07, 6.45) is 3.68. The van der Waals surface area contributed by atoms with Gasteiger partial charge in [0.2, 0.25) is 0 Å². The summed E-state index contributed by atoms with van der Waals surface area (Å²) in [7, 11) is 3.41. The topological polar surface area (TPSA) is 74.3 Å². The number of thioether (sulfide) groups is 1. The molecular formula is C31H25N5O3S2. The summed E-state index contributed by atoms with van der Waals surface area (Å²) in [6.45, 7) is 1.81. The van der Waals surface area contributed by atoms with Gasteiger partial charge in [-0.15, -0.1) is 0 Å². The maximum Gasteiger partial charge on any atom is 0.296 e. The fourth-order valence-corrected chi connectivity index (χ4v) is 6.05. The second-order valence-corrected chi connectivity index (χ2v) is 11.0. The Hall–Kier alpha value is -4.67. The monoisotopic (exact) mass is 579 g/mol. The molecule has 1 saturated heterocycles. The number of carbonyl (C=O) groups excluding carboxylic acids is 1. The molecular weight excluding hydrogens is 555 g/mol. The largest absolute Gasteiger partial charge is 0.497 e. The first-order valence-corrected chi connectivity index (χ1v) is 14.0. The van der Waals surface area contributed by atoms with Crippen LogP contribution in [-0.2, 0) is 11.8 Å². The maximum atomic E-state index is 13.8. The summed E-state index contributed by atoms with van der Waals surface area (Å²) >= 11 is 6.82. The van der Waals surface area contributed by atoms with Gasteiger partial charge in [-0.2, -0.15) is 5.10 Å². The van der Waals surface area contributed by atoms with Crippen LogP contribution in [0.4, 0.5) is 5.69 Å². The van der Waals surface area contributed by atoms with Gasteiger partial charge < -0.3 is 4.74 Å². The predicted octanol–water partition coefficient (Wildman–Crippen LogP) is 5.75. The molecule has 0 saturated carbocycles. The maximum absolute atomic E-state index is 13.8. The molecule has 204 valence electrons. The molecule has 2 aromatic heterocycles. The first-order valence-electron chi connectivity index (χ1n) is 12.8. The smallest absolute Gasteiger partial charge is 0.296 e. The van der Waals surface area contributed by atoms with Crippen LogP contribution < -0.4 is 15.2 Å². The van der Waals surface area contributed by atoms with E-state index in [1.165, 1.54) is 16.7 Å². The molecule has 1 amide bonds. The fourth-order valence-electron chi connectivity index (χ4n) is 4.79. The number of aromatic nitrogens is 4. The first-order chi connectivity index (χ1) is 19.9. The Morgan fingerprint density at radius 2 is 1.54 bits per heavy atom. The van der Waals surface area contributed by atoms with E-state index in [2.05, 4.69) is 0 Å². The molecule has 3 heterocycles. The molecule has 0 unspecified atom stereocenters. The summed E-state index contributed by atoms with van der Waals surface area (Å²) in [6, 6.07) is 26.7. The van der Waals surface area contributed by atoms with Gasteiger partial charge in [0.05, 0.1) is 34.8 Å². The molecule has 0 bridgehead atoms. The Kier molecular flexibility index (Phi) is 6.94. The predicted molar refractivity (Wildman–Crippen MR) is 167 cm³/mol. The lowest BCUT2D eigenvalue weighted by molar-refractivity contribution is -0.113. The number of thiocarbonyl (C=S) groups is 1. The second kappa shape index (κ2) is 10.7. The summed E-state index contributed by atoms with van der Waals surface area (Å²) < 4.78 is 10.7. The minimum absolute atomic E-state index is 0.248. The van der Waals surface area contributed by atoms with Gasteiger partial charge in [0.1, 0.15) is 11.4 Å². The SMILES string of the molecule is COc1ccc(-c2nn(-c3ccccc3)cc2C=C2SC(=S)N(c3c(C)n(C)n(-c4ccccc4)c3=O)C2=O)cc1. The Labute approximate surface area is 246 Å². The molecule has 8 nitrogen and oxygen atoms in total. The van der Waals surface area contributed by atoms with Crippen LogP contribution in [-0.4, -0.2) is 36.5 Å². The number of hydrogen-bond acceptors (Lipinski definition) is 6. The highest BCUT2D eigenvalue weighted by molar-refractivity contribution is 8.27. The van der Waals surface area contributed by atoms with Crippen LogP contribution in [0.5, 0.6) is 5.75 Å². The van der Waals surface area contributed by atoms with Crippen LogP contribution in [0.1, 0.15) is 11.3 Å². The zero-order valence-corrected chi connectivity index (χ0v) is 24.1. The molecule has 5 aromatic rings. The number of para-hydroxylation sites is 2. The Morgan fingerprint density at radius 1 is 0.902 bits per heavy atom. The van der Waals surface area contributed by atoms with Crippen molar-refractivity contribution in [3.63, 3.8) is 0 Å². The molecule has 0 aliphatic carbocycles. The van der Waals surface area contributed by atoms with E-state index >= 15 is 0 Å². The summed E-state index contributed by atoms with van der Waals surface area (Å²) in [5.74, 6) is 0.386. The number of amides is 1. The van der Waals surface area contributed by atoms with Crippen molar-refractivity contribution in [2.24, 2.45) is 7.05 Å². The standard InChI is InChI=1S/C31H25N5O3S2/c1-20-28(30(38)36(33(20)2)24-12-8-5-9-13-24)35-29(37)26(41-31(35)40)18-22-19-34(23-10-6-4-7-11-23)32-27(22)21-14-16-25(39-3)17-15-21/h4-19H,1-3H3. The van der Waals surface area contributed by atoms with E-state index in [0.29, 0.717) is 26.3 Å². The molecule has 6 rings (SSSR count). The fraction of sp³-hybridized carbons (Fsp3) is 0.0968. The van der Waals surface area contributed by atoms with E-state index in [1.54, 1.807) is 34.3 Å². The first kappa shape index (κ1) is 26.5. The van der Waals surface area contributed by atoms with Gasteiger partial charge in [0, 0.05) is 24.4 Å².